The minimum atomic E-state index is 0.738. The first-order valence-corrected chi connectivity index (χ1v) is 7.90. The van der Waals surface area contributed by atoms with Gasteiger partial charge in [0.25, 0.3) is 0 Å². The molecule has 0 saturated heterocycles. The first-order chi connectivity index (χ1) is 8.74. The molecule has 0 rings (SSSR count). The zero-order chi connectivity index (χ0) is 13.6. The summed E-state index contributed by atoms with van der Waals surface area (Å²) >= 11 is 0. The highest BCUT2D eigenvalue weighted by atomic mass is 16.1. The van der Waals surface area contributed by atoms with Crippen molar-refractivity contribution < 1.29 is 4.79 Å². The third-order valence-corrected chi connectivity index (χ3v) is 3.70. The van der Waals surface area contributed by atoms with Crippen LogP contribution in [0.5, 0.6) is 0 Å². The largest absolute Gasteiger partial charge is 0.303 e. The highest BCUT2D eigenvalue weighted by Crippen LogP contribution is 2.10. The van der Waals surface area contributed by atoms with E-state index in [4.69, 9.17) is 0 Å². The highest BCUT2D eigenvalue weighted by Gasteiger charge is 2.05. The summed E-state index contributed by atoms with van der Waals surface area (Å²) in [7, 11) is 0. The number of rotatable bonds is 13. The van der Waals surface area contributed by atoms with Gasteiger partial charge in [0.05, 0.1) is 0 Å². The Morgan fingerprint density at radius 1 is 1.00 bits per heavy atom. The first-order valence-electron chi connectivity index (χ1n) is 7.90. The van der Waals surface area contributed by atoms with Crippen LogP contribution in [-0.4, -0.2) is 30.8 Å². The molecule has 1 unspecified atom stereocenters. The SMILES string of the molecule is CCCN(CCCCCC=O)CCCC(C)CC. The van der Waals surface area contributed by atoms with E-state index in [1.54, 1.807) is 0 Å². The Labute approximate surface area is 114 Å². The van der Waals surface area contributed by atoms with Gasteiger partial charge in [-0.2, -0.15) is 0 Å². The average Bonchev–Trinajstić information content (AvgIpc) is 2.38. The zero-order valence-corrected chi connectivity index (χ0v) is 12.8. The number of hydrogen-bond acceptors (Lipinski definition) is 2. The van der Waals surface area contributed by atoms with Crippen molar-refractivity contribution in [2.45, 2.75) is 72.1 Å². The molecule has 0 aromatic rings. The monoisotopic (exact) mass is 255 g/mol. The molecule has 0 fully saturated rings. The van der Waals surface area contributed by atoms with Crippen molar-refractivity contribution in [3.05, 3.63) is 0 Å². The molecule has 0 saturated carbocycles. The molecule has 2 heteroatoms. The number of hydrogen-bond donors (Lipinski definition) is 0. The third-order valence-electron chi connectivity index (χ3n) is 3.70. The van der Waals surface area contributed by atoms with Crippen molar-refractivity contribution in [3.8, 4) is 0 Å². The van der Waals surface area contributed by atoms with Gasteiger partial charge < -0.3 is 9.69 Å². The van der Waals surface area contributed by atoms with E-state index in [0.717, 1.165) is 25.0 Å². The average molecular weight is 255 g/mol. The Bertz CT molecular complexity index is 182. The topological polar surface area (TPSA) is 20.3 Å². The van der Waals surface area contributed by atoms with Gasteiger partial charge in [-0.1, -0.05) is 33.6 Å². The summed E-state index contributed by atoms with van der Waals surface area (Å²) < 4.78 is 0. The summed E-state index contributed by atoms with van der Waals surface area (Å²) in [6.07, 6.45) is 10.5. The molecule has 108 valence electrons. The van der Waals surface area contributed by atoms with Crippen LogP contribution in [0.3, 0.4) is 0 Å². The molecule has 0 spiro atoms. The van der Waals surface area contributed by atoms with Gasteiger partial charge in [-0.3, -0.25) is 0 Å². The summed E-state index contributed by atoms with van der Waals surface area (Å²) in [4.78, 5) is 12.8. The fourth-order valence-corrected chi connectivity index (χ4v) is 2.26. The lowest BCUT2D eigenvalue weighted by Crippen LogP contribution is -2.27. The van der Waals surface area contributed by atoms with Crippen LogP contribution in [0.1, 0.15) is 72.1 Å². The lowest BCUT2D eigenvalue weighted by atomic mass is 10.0. The van der Waals surface area contributed by atoms with E-state index >= 15 is 0 Å². The van der Waals surface area contributed by atoms with Gasteiger partial charge in [-0.05, 0) is 57.7 Å². The Hall–Kier alpha value is -0.370. The highest BCUT2D eigenvalue weighted by molar-refractivity contribution is 5.48. The molecule has 2 nitrogen and oxygen atoms in total. The molecule has 0 bridgehead atoms. The fraction of sp³-hybridized carbons (Fsp3) is 0.938. The number of carbonyl (C=O) groups is 1. The van der Waals surface area contributed by atoms with Crippen LogP contribution in [0.15, 0.2) is 0 Å². The minimum Gasteiger partial charge on any atom is -0.303 e. The van der Waals surface area contributed by atoms with E-state index in [9.17, 15) is 4.79 Å². The molecule has 1 atom stereocenters. The Balaban J connectivity index is 3.60. The second-order valence-electron chi connectivity index (χ2n) is 5.51. The predicted octanol–water partition coefficient (Wildman–Crippen LogP) is 4.28. The lowest BCUT2D eigenvalue weighted by molar-refractivity contribution is -0.107. The van der Waals surface area contributed by atoms with Gasteiger partial charge in [0.2, 0.25) is 0 Å². The normalized spacial score (nSPS) is 12.9. The lowest BCUT2D eigenvalue weighted by Gasteiger charge is -2.22. The number of unbranched alkanes of at least 4 members (excludes halogenated alkanes) is 3. The summed E-state index contributed by atoms with van der Waals surface area (Å²) in [5.41, 5.74) is 0. The van der Waals surface area contributed by atoms with Gasteiger partial charge in [0.1, 0.15) is 6.29 Å². The molecule has 0 radical (unpaired) electrons. The molecular formula is C16H33NO. The van der Waals surface area contributed by atoms with Crippen LogP contribution >= 0.6 is 0 Å². The molecule has 0 aromatic heterocycles. The van der Waals surface area contributed by atoms with Crippen LogP contribution in [-0.2, 0) is 4.79 Å². The van der Waals surface area contributed by atoms with E-state index in [-0.39, 0.29) is 0 Å². The molecule has 0 aliphatic carbocycles. The van der Waals surface area contributed by atoms with Gasteiger partial charge in [-0.15, -0.1) is 0 Å². The van der Waals surface area contributed by atoms with Crippen LogP contribution < -0.4 is 0 Å². The minimum absolute atomic E-state index is 0.738. The molecule has 0 heterocycles. The maximum atomic E-state index is 10.2. The van der Waals surface area contributed by atoms with Gasteiger partial charge in [-0.25, -0.2) is 0 Å². The maximum absolute atomic E-state index is 10.2. The maximum Gasteiger partial charge on any atom is 0.119 e. The Kier molecular flexibility index (Phi) is 12.8. The van der Waals surface area contributed by atoms with Gasteiger partial charge >= 0.3 is 0 Å². The van der Waals surface area contributed by atoms with E-state index in [1.165, 1.54) is 58.2 Å². The van der Waals surface area contributed by atoms with Crippen molar-refractivity contribution in [1.29, 1.82) is 0 Å². The van der Waals surface area contributed by atoms with Crippen molar-refractivity contribution in [2.75, 3.05) is 19.6 Å². The van der Waals surface area contributed by atoms with Crippen molar-refractivity contribution in [2.24, 2.45) is 5.92 Å². The van der Waals surface area contributed by atoms with E-state index in [2.05, 4.69) is 25.7 Å². The summed E-state index contributed by atoms with van der Waals surface area (Å²) in [5, 5.41) is 0. The summed E-state index contributed by atoms with van der Waals surface area (Å²) in [6, 6.07) is 0. The molecule has 0 amide bonds. The number of carbonyl (C=O) groups excluding carboxylic acids is 1. The quantitative estimate of drug-likeness (QED) is 0.361. The van der Waals surface area contributed by atoms with Gasteiger partial charge in [0.15, 0.2) is 0 Å². The Morgan fingerprint density at radius 2 is 1.72 bits per heavy atom. The Morgan fingerprint density at radius 3 is 2.33 bits per heavy atom. The second kappa shape index (κ2) is 13.1. The number of nitrogens with zero attached hydrogens (tertiary/aromatic N) is 1. The van der Waals surface area contributed by atoms with Crippen LogP contribution in [0.25, 0.3) is 0 Å². The summed E-state index contributed by atoms with van der Waals surface area (Å²) in [5.74, 6) is 0.876. The molecule has 0 N–H and O–H groups in total. The zero-order valence-electron chi connectivity index (χ0n) is 12.8. The van der Waals surface area contributed by atoms with Crippen LogP contribution in [0.4, 0.5) is 0 Å². The molecular weight excluding hydrogens is 222 g/mol. The predicted molar refractivity (Wildman–Crippen MR) is 80.0 cm³/mol. The van der Waals surface area contributed by atoms with Crippen LogP contribution in [0.2, 0.25) is 0 Å². The first kappa shape index (κ1) is 17.6. The van der Waals surface area contributed by atoms with E-state index < -0.39 is 0 Å². The summed E-state index contributed by atoms with van der Waals surface area (Å²) in [6.45, 7) is 10.6. The van der Waals surface area contributed by atoms with Gasteiger partial charge in [0, 0.05) is 6.42 Å². The van der Waals surface area contributed by atoms with Crippen molar-refractivity contribution in [3.63, 3.8) is 0 Å². The fourth-order valence-electron chi connectivity index (χ4n) is 2.26. The number of aldehydes is 1. The van der Waals surface area contributed by atoms with Crippen molar-refractivity contribution in [1.82, 2.24) is 4.90 Å². The molecule has 18 heavy (non-hydrogen) atoms. The van der Waals surface area contributed by atoms with E-state index in [0.29, 0.717) is 0 Å². The van der Waals surface area contributed by atoms with Crippen molar-refractivity contribution >= 4 is 6.29 Å². The van der Waals surface area contributed by atoms with E-state index in [1.807, 2.05) is 0 Å². The standard InChI is InChI=1S/C16H33NO/c1-4-12-17(13-8-6-7-9-15-18)14-10-11-16(3)5-2/h15-16H,4-14H2,1-3H3. The third kappa shape index (κ3) is 10.8. The second-order valence-corrected chi connectivity index (χ2v) is 5.51. The van der Waals surface area contributed by atoms with Crippen LogP contribution in [0, 0.1) is 5.92 Å². The molecule has 0 aliphatic heterocycles. The molecule has 0 aliphatic rings. The smallest absolute Gasteiger partial charge is 0.119 e. The molecule has 0 aromatic carbocycles.